The zero-order chi connectivity index (χ0) is 31.0. The summed E-state index contributed by atoms with van der Waals surface area (Å²) in [7, 11) is 0. The van der Waals surface area contributed by atoms with Crippen LogP contribution in [-0.2, 0) is 6.18 Å². The van der Waals surface area contributed by atoms with Crippen molar-refractivity contribution in [3.8, 4) is 23.2 Å². The van der Waals surface area contributed by atoms with Gasteiger partial charge in [0.1, 0.15) is 29.9 Å². The fraction of sp³-hybridized carbons (Fsp3) is 0.448. The van der Waals surface area contributed by atoms with E-state index in [1.54, 1.807) is 0 Å². The number of fused-ring (bicyclic) bond motifs is 3. The second-order valence-corrected chi connectivity index (χ2v) is 12.7. The Kier molecular flexibility index (Phi) is 6.78. The van der Waals surface area contributed by atoms with E-state index in [0.717, 1.165) is 36.0 Å². The maximum atomic E-state index is 16.6. The lowest BCUT2D eigenvalue weighted by Gasteiger charge is -2.32. The molecule has 0 spiro atoms. The number of nitrogens with zero attached hydrogens (tertiary/aromatic N) is 5. The zero-order valence-electron chi connectivity index (χ0n) is 23.0. The SMILES string of the molecule is N#CC1CC(Nc2nc(OC[C@@]34CCCN3C[C@H](F)C4)nc3c(F)c(-c4ccc(F)c5sc(N)nc45)c(C(F)(F)F)cc23)C1. The number of alkyl halides is 4. The summed E-state index contributed by atoms with van der Waals surface area (Å²) in [4.78, 5) is 14.6. The summed E-state index contributed by atoms with van der Waals surface area (Å²) in [6, 6.07) is 4.30. The van der Waals surface area contributed by atoms with Crippen molar-refractivity contribution in [2.45, 2.75) is 56.0 Å². The molecular weight excluding hydrogens is 608 g/mol. The number of nitriles is 1. The number of thiazole rings is 1. The third-order valence-electron chi connectivity index (χ3n) is 8.89. The van der Waals surface area contributed by atoms with Crippen LogP contribution in [0.5, 0.6) is 6.01 Å². The van der Waals surface area contributed by atoms with E-state index in [9.17, 15) is 27.2 Å². The minimum absolute atomic E-state index is 0.0180. The van der Waals surface area contributed by atoms with Gasteiger partial charge in [0, 0.05) is 35.5 Å². The average molecular weight is 634 g/mol. The molecule has 0 amide bonds. The molecule has 2 aromatic heterocycles. The zero-order valence-corrected chi connectivity index (χ0v) is 23.8. The summed E-state index contributed by atoms with van der Waals surface area (Å²) in [5.74, 6) is -2.38. The molecule has 0 unspecified atom stereocenters. The van der Waals surface area contributed by atoms with Crippen LogP contribution in [0.3, 0.4) is 0 Å². The highest BCUT2D eigenvalue weighted by atomic mass is 32.1. The summed E-state index contributed by atoms with van der Waals surface area (Å²) < 4.78 is 95.0. The summed E-state index contributed by atoms with van der Waals surface area (Å²) in [6.45, 7) is 1.01. The molecule has 8 nitrogen and oxygen atoms in total. The van der Waals surface area contributed by atoms with Gasteiger partial charge in [0.2, 0.25) is 0 Å². The minimum Gasteiger partial charge on any atom is -0.461 e. The highest BCUT2D eigenvalue weighted by Crippen LogP contribution is 2.46. The van der Waals surface area contributed by atoms with Gasteiger partial charge in [0.25, 0.3) is 0 Å². The Morgan fingerprint density at radius 2 is 1.98 bits per heavy atom. The van der Waals surface area contributed by atoms with Gasteiger partial charge < -0.3 is 15.8 Å². The normalized spacial score (nSPS) is 25.2. The maximum Gasteiger partial charge on any atom is 0.417 e. The first-order valence-electron chi connectivity index (χ1n) is 14.1. The fourth-order valence-electron chi connectivity index (χ4n) is 6.74. The van der Waals surface area contributed by atoms with Crippen LogP contribution < -0.4 is 15.8 Å². The Morgan fingerprint density at radius 1 is 1.18 bits per heavy atom. The molecule has 4 aromatic rings. The molecule has 1 saturated carbocycles. The number of nitrogens with two attached hydrogens (primary N) is 1. The van der Waals surface area contributed by atoms with Gasteiger partial charge in [-0.1, -0.05) is 11.3 Å². The number of nitrogen functional groups attached to an aromatic ring is 1. The number of rotatable bonds is 6. The maximum absolute atomic E-state index is 16.6. The van der Waals surface area contributed by atoms with Crippen molar-refractivity contribution >= 4 is 43.4 Å². The topological polar surface area (TPSA) is 113 Å². The second kappa shape index (κ2) is 10.3. The molecule has 3 N–H and O–H groups in total. The monoisotopic (exact) mass is 633 g/mol. The molecule has 4 heterocycles. The highest BCUT2D eigenvalue weighted by molar-refractivity contribution is 7.22. The Labute approximate surface area is 250 Å². The summed E-state index contributed by atoms with van der Waals surface area (Å²) in [5, 5.41) is 11.9. The Morgan fingerprint density at radius 3 is 2.73 bits per heavy atom. The summed E-state index contributed by atoms with van der Waals surface area (Å²) >= 11 is 0.737. The van der Waals surface area contributed by atoms with Crippen LogP contribution in [0.15, 0.2) is 18.2 Å². The number of halogens is 6. The number of nitrogens with one attached hydrogen (secondary N) is 1. The van der Waals surface area contributed by atoms with E-state index >= 15 is 4.39 Å². The summed E-state index contributed by atoms with van der Waals surface area (Å²) in [5.41, 5.74) is 2.02. The lowest BCUT2D eigenvalue weighted by atomic mass is 9.81. The van der Waals surface area contributed by atoms with E-state index in [2.05, 4.69) is 26.3 Å². The van der Waals surface area contributed by atoms with E-state index in [1.165, 1.54) is 0 Å². The predicted molar refractivity (Wildman–Crippen MR) is 152 cm³/mol. The van der Waals surface area contributed by atoms with Crippen LogP contribution in [0.4, 0.5) is 37.3 Å². The molecular formula is C29H25F6N7OS. The first-order valence-corrected chi connectivity index (χ1v) is 14.9. The van der Waals surface area contributed by atoms with Gasteiger partial charge in [-0.05, 0) is 50.4 Å². The van der Waals surface area contributed by atoms with Gasteiger partial charge in [-0.25, -0.2) is 18.2 Å². The Balaban J connectivity index is 1.39. The van der Waals surface area contributed by atoms with Crippen molar-refractivity contribution in [3.05, 3.63) is 35.4 Å². The molecule has 230 valence electrons. The third kappa shape index (κ3) is 4.75. The van der Waals surface area contributed by atoms with E-state index in [0.29, 0.717) is 25.8 Å². The largest absolute Gasteiger partial charge is 0.461 e. The molecule has 0 radical (unpaired) electrons. The molecule has 0 bridgehead atoms. The van der Waals surface area contributed by atoms with Crippen LogP contribution in [0, 0.1) is 28.9 Å². The van der Waals surface area contributed by atoms with Crippen LogP contribution >= 0.6 is 11.3 Å². The second-order valence-electron chi connectivity index (χ2n) is 11.7. The molecule has 2 saturated heterocycles. The van der Waals surface area contributed by atoms with Crippen molar-refractivity contribution in [2.75, 3.05) is 30.7 Å². The van der Waals surface area contributed by atoms with Crippen molar-refractivity contribution in [3.63, 3.8) is 0 Å². The molecule has 2 atom stereocenters. The van der Waals surface area contributed by atoms with Crippen LogP contribution in [-0.4, -0.2) is 57.3 Å². The Bertz CT molecular complexity index is 1840. The molecule has 1 aliphatic carbocycles. The van der Waals surface area contributed by atoms with E-state index in [4.69, 9.17) is 10.5 Å². The van der Waals surface area contributed by atoms with Crippen LogP contribution in [0.1, 0.15) is 37.7 Å². The van der Waals surface area contributed by atoms with Gasteiger partial charge >= 0.3 is 12.2 Å². The first kappa shape index (κ1) is 28.8. The number of hydrogen-bond acceptors (Lipinski definition) is 9. The Hall–Kier alpha value is -3.90. The fourth-order valence-corrected chi connectivity index (χ4v) is 7.51. The minimum atomic E-state index is -5.03. The van der Waals surface area contributed by atoms with Gasteiger partial charge in [-0.15, -0.1) is 0 Å². The predicted octanol–water partition coefficient (Wildman–Crippen LogP) is 6.45. The molecule has 2 aliphatic heterocycles. The number of anilines is 2. The van der Waals surface area contributed by atoms with E-state index in [1.807, 2.05) is 4.90 Å². The number of benzene rings is 2. The lowest BCUT2D eigenvalue weighted by Crippen LogP contribution is -2.43. The molecule has 15 heteroatoms. The van der Waals surface area contributed by atoms with Crippen molar-refractivity contribution in [1.29, 1.82) is 5.26 Å². The average Bonchev–Trinajstić information content (AvgIpc) is 3.61. The van der Waals surface area contributed by atoms with Gasteiger partial charge in [0.15, 0.2) is 10.9 Å². The van der Waals surface area contributed by atoms with Crippen molar-refractivity contribution < 1.29 is 31.1 Å². The van der Waals surface area contributed by atoms with Gasteiger partial charge in [-0.3, -0.25) is 4.90 Å². The van der Waals surface area contributed by atoms with E-state index < -0.39 is 46.2 Å². The van der Waals surface area contributed by atoms with Crippen LogP contribution in [0.2, 0.25) is 0 Å². The standard InChI is InChI=1S/C29H25F6N7OS/c30-14-9-28(4-1-5-42(28)11-14)12-43-27-40-22-17(25(41-27)38-15-6-13(7-15)10-36)8-18(29(33,34)35)20(21(22)32)16-2-3-19(31)24-23(16)39-26(37)44-24/h2-3,8,13-15H,1,4-7,9,11-12H2,(H2,37,39)(H,38,40,41)/t13?,14-,15?,28+/m1/s1. The van der Waals surface area contributed by atoms with Gasteiger partial charge in [-0.2, -0.15) is 28.4 Å². The van der Waals surface area contributed by atoms with Gasteiger partial charge in [0.05, 0.1) is 33.3 Å². The smallest absolute Gasteiger partial charge is 0.417 e. The molecule has 3 fully saturated rings. The van der Waals surface area contributed by atoms with E-state index in [-0.39, 0.29) is 69.7 Å². The molecule has 2 aromatic carbocycles. The molecule has 3 aliphatic rings. The number of aromatic nitrogens is 3. The van der Waals surface area contributed by atoms with Crippen LogP contribution in [0.25, 0.3) is 32.2 Å². The quantitative estimate of drug-likeness (QED) is 0.233. The first-order chi connectivity index (χ1) is 21.0. The van der Waals surface area contributed by atoms with Crippen molar-refractivity contribution in [2.24, 2.45) is 5.92 Å². The molecule has 7 rings (SSSR count). The number of ether oxygens (including phenoxy) is 1. The number of hydrogen-bond donors (Lipinski definition) is 2. The summed E-state index contributed by atoms with van der Waals surface area (Å²) in [6.07, 6.45) is -3.39. The third-order valence-corrected chi connectivity index (χ3v) is 9.78. The highest BCUT2D eigenvalue weighted by Gasteiger charge is 2.49. The van der Waals surface area contributed by atoms with Crippen molar-refractivity contribution in [1.82, 2.24) is 19.9 Å². The molecule has 44 heavy (non-hydrogen) atoms. The lowest BCUT2D eigenvalue weighted by molar-refractivity contribution is -0.137.